The highest BCUT2D eigenvalue weighted by molar-refractivity contribution is 5.00. The number of nitrogens with zero attached hydrogens (tertiary/aromatic N) is 1. The second-order valence-electron chi connectivity index (χ2n) is 4.24. The van der Waals surface area contributed by atoms with Crippen molar-refractivity contribution in [1.29, 1.82) is 0 Å². The standard InChI is InChI=1S/C9H18NO.HI/c1-8-5-6-9(11-8)7-10(2,3)4;/h5-6,8-9H,7H2,1-4H3;1H/q+1;/p-1/t8-,9-;/m0./s1. The molecule has 72 valence electrons. The van der Waals surface area contributed by atoms with Gasteiger partial charge < -0.3 is 33.2 Å². The third-order valence-electron chi connectivity index (χ3n) is 1.71. The van der Waals surface area contributed by atoms with E-state index in [9.17, 15) is 0 Å². The first-order valence-electron chi connectivity index (χ1n) is 4.11. The van der Waals surface area contributed by atoms with Crippen molar-refractivity contribution < 1.29 is 33.2 Å². The maximum Gasteiger partial charge on any atom is 0.125 e. The van der Waals surface area contributed by atoms with E-state index in [-0.39, 0.29) is 24.0 Å². The zero-order valence-corrected chi connectivity index (χ0v) is 10.4. The monoisotopic (exact) mass is 283 g/mol. The van der Waals surface area contributed by atoms with Gasteiger partial charge in [-0.3, -0.25) is 0 Å². The molecule has 0 unspecified atom stereocenters. The summed E-state index contributed by atoms with van der Waals surface area (Å²) in [6.45, 7) is 3.13. The van der Waals surface area contributed by atoms with Crippen LogP contribution < -0.4 is 24.0 Å². The molecule has 0 amide bonds. The fourth-order valence-electron chi connectivity index (χ4n) is 1.29. The Bertz CT molecular complexity index is 162. The number of ether oxygens (including phenoxy) is 1. The molecule has 0 saturated heterocycles. The molecule has 0 radical (unpaired) electrons. The van der Waals surface area contributed by atoms with Gasteiger partial charge in [-0.15, -0.1) is 0 Å². The summed E-state index contributed by atoms with van der Waals surface area (Å²) in [5.41, 5.74) is 0. The maximum atomic E-state index is 5.61. The summed E-state index contributed by atoms with van der Waals surface area (Å²) in [7, 11) is 6.54. The topological polar surface area (TPSA) is 9.23 Å². The average Bonchev–Trinajstić information content (AvgIpc) is 2.10. The van der Waals surface area contributed by atoms with Crippen molar-refractivity contribution in [3.05, 3.63) is 12.2 Å². The largest absolute Gasteiger partial charge is 1.00 e. The first kappa shape index (κ1) is 12.4. The quantitative estimate of drug-likeness (QED) is 0.325. The van der Waals surface area contributed by atoms with Crippen LogP contribution in [0.3, 0.4) is 0 Å². The van der Waals surface area contributed by atoms with Crippen LogP contribution in [-0.4, -0.2) is 44.4 Å². The van der Waals surface area contributed by atoms with E-state index in [1.54, 1.807) is 0 Å². The number of halogens is 1. The second-order valence-corrected chi connectivity index (χ2v) is 4.24. The summed E-state index contributed by atoms with van der Waals surface area (Å²) < 4.78 is 6.57. The molecule has 2 atom stereocenters. The minimum absolute atomic E-state index is 0. The van der Waals surface area contributed by atoms with Crippen LogP contribution in [0.15, 0.2) is 12.2 Å². The predicted molar refractivity (Wildman–Crippen MR) is 46.4 cm³/mol. The molecule has 1 rings (SSSR count). The third-order valence-corrected chi connectivity index (χ3v) is 1.71. The van der Waals surface area contributed by atoms with Crippen LogP contribution in [-0.2, 0) is 4.74 Å². The molecule has 1 heterocycles. The lowest BCUT2D eigenvalue weighted by Gasteiger charge is -2.26. The van der Waals surface area contributed by atoms with Gasteiger partial charge in [0.2, 0.25) is 0 Å². The SMILES string of the molecule is C[C@H]1C=C[C@@H](C[N+](C)(C)C)O1.[I-]. The van der Waals surface area contributed by atoms with Crippen LogP contribution >= 0.6 is 0 Å². The van der Waals surface area contributed by atoms with Crippen LogP contribution in [0.25, 0.3) is 0 Å². The average molecular weight is 283 g/mol. The van der Waals surface area contributed by atoms with Gasteiger partial charge in [-0.05, 0) is 6.92 Å². The molecule has 0 aromatic rings. The summed E-state index contributed by atoms with van der Waals surface area (Å²) in [5.74, 6) is 0. The summed E-state index contributed by atoms with van der Waals surface area (Å²) in [6.07, 6.45) is 4.92. The van der Waals surface area contributed by atoms with E-state index in [0.717, 1.165) is 11.0 Å². The minimum atomic E-state index is 0. The highest BCUT2D eigenvalue weighted by atomic mass is 127. The summed E-state index contributed by atoms with van der Waals surface area (Å²) >= 11 is 0. The van der Waals surface area contributed by atoms with Crippen LogP contribution in [0.2, 0.25) is 0 Å². The molecular weight excluding hydrogens is 265 g/mol. The van der Waals surface area contributed by atoms with E-state index in [1.165, 1.54) is 0 Å². The van der Waals surface area contributed by atoms with E-state index in [0.29, 0.717) is 12.2 Å². The zero-order chi connectivity index (χ0) is 8.48. The van der Waals surface area contributed by atoms with Crippen LogP contribution in [0.5, 0.6) is 0 Å². The van der Waals surface area contributed by atoms with E-state index >= 15 is 0 Å². The Morgan fingerprint density at radius 2 is 1.83 bits per heavy atom. The normalized spacial score (nSPS) is 28.7. The molecule has 3 heteroatoms. The van der Waals surface area contributed by atoms with Crippen molar-refractivity contribution in [1.82, 2.24) is 0 Å². The van der Waals surface area contributed by atoms with Crippen molar-refractivity contribution in [2.75, 3.05) is 27.7 Å². The Kier molecular flexibility index (Phi) is 4.73. The second kappa shape index (κ2) is 4.58. The number of hydrogen-bond donors (Lipinski definition) is 0. The van der Waals surface area contributed by atoms with Crippen LogP contribution in [0.1, 0.15) is 6.92 Å². The fraction of sp³-hybridized carbons (Fsp3) is 0.778. The molecule has 0 saturated carbocycles. The van der Waals surface area contributed by atoms with Crippen LogP contribution in [0.4, 0.5) is 0 Å². The summed E-state index contributed by atoms with van der Waals surface area (Å²) in [4.78, 5) is 0. The Morgan fingerprint density at radius 3 is 2.17 bits per heavy atom. The Labute approximate surface area is 92.2 Å². The van der Waals surface area contributed by atoms with Gasteiger partial charge >= 0.3 is 0 Å². The number of rotatable bonds is 2. The molecule has 1 aliphatic heterocycles. The molecule has 0 N–H and O–H groups in total. The first-order chi connectivity index (χ1) is 4.97. The van der Waals surface area contributed by atoms with Crippen molar-refractivity contribution in [3.8, 4) is 0 Å². The van der Waals surface area contributed by atoms with E-state index in [1.807, 2.05) is 0 Å². The fourth-order valence-corrected chi connectivity index (χ4v) is 1.29. The Morgan fingerprint density at radius 1 is 1.25 bits per heavy atom. The number of hydrogen-bond acceptors (Lipinski definition) is 1. The summed E-state index contributed by atoms with van der Waals surface area (Å²) in [5, 5.41) is 0. The lowest BCUT2D eigenvalue weighted by Crippen LogP contribution is -3.00. The zero-order valence-electron chi connectivity index (χ0n) is 8.25. The van der Waals surface area contributed by atoms with Gasteiger partial charge in [-0.2, -0.15) is 0 Å². The first-order valence-corrected chi connectivity index (χ1v) is 4.11. The van der Waals surface area contributed by atoms with Gasteiger partial charge in [0.25, 0.3) is 0 Å². The van der Waals surface area contributed by atoms with Gasteiger partial charge in [0.1, 0.15) is 12.6 Å². The molecule has 12 heavy (non-hydrogen) atoms. The van der Waals surface area contributed by atoms with Crippen molar-refractivity contribution in [2.24, 2.45) is 0 Å². The molecule has 2 nitrogen and oxygen atoms in total. The van der Waals surface area contributed by atoms with Gasteiger partial charge in [0, 0.05) is 0 Å². The lowest BCUT2D eigenvalue weighted by molar-refractivity contribution is -0.872. The van der Waals surface area contributed by atoms with E-state index in [2.05, 4.69) is 40.2 Å². The minimum Gasteiger partial charge on any atom is -1.00 e. The van der Waals surface area contributed by atoms with Crippen molar-refractivity contribution in [2.45, 2.75) is 19.1 Å². The predicted octanol–water partition coefficient (Wildman–Crippen LogP) is -1.96. The Hall–Kier alpha value is 0.390. The summed E-state index contributed by atoms with van der Waals surface area (Å²) in [6, 6.07) is 0. The Balaban J connectivity index is 0.00000121. The molecule has 0 aromatic heterocycles. The molecule has 0 aromatic carbocycles. The highest BCUT2D eigenvalue weighted by Crippen LogP contribution is 2.12. The smallest absolute Gasteiger partial charge is 0.125 e. The van der Waals surface area contributed by atoms with Gasteiger partial charge in [-0.1, -0.05) is 12.2 Å². The van der Waals surface area contributed by atoms with Gasteiger partial charge in [0.15, 0.2) is 0 Å². The maximum absolute atomic E-state index is 5.61. The van der Waals surface area contributed by atoms with E-state index < -0.39 is 0 Å². The molecule has 1 aliphatic rings. The molecule has 0 fully saturated rings. The lowest BCUT2D eigenvalue weighted by atomic mass is 10.3. The number of likely N-dealkylation sites (N-methyl/N-ethyl adjacent to an activating group) is 1. The van der Waals surface area contributed by atoms with Gasteiger partial charge in [-0.25, -0.2) is 0 Å². The van der Waals surface area contributed by atoms with Gasteiger partial charge in [0.05, 0.1) is 27.2 Å². The molecule has 0 aliphatic carbocycles. The van der Waals surface area contributed by atoms with Crippen molar-refractivity contribution >= 4 is 0 Å². The molecule has 0 bridgehead atoms. The third kappa shape index (κ3) is 4.42. The molecular formula is C9H18INO. The molecule has 0 spiro atoms. The van der Waals surface area contributed by atoms with E-state index in [4.69, 9.17) is 4.74 Å². The van der Waals surface area contributed by atoms with Crippen molar-refractivity contribution in [3.63, 3.8) is 0 Å². The van der Waals surface area contributed by atoms with Crippen LogP contribution in [0, 0.1) is 0 Å². The highest BCUT2D eigenvalue weighted by Gasteiger charge is 2.21. The number of quaternary nitrogens is 1.